The van der Waals surface area contributed by atoms with Crippen LogP contribution in [0.15, 0.2) is 218 Å². The molecule has 0 aliphatic carbocycles. The van der Waals surface area contributed by atoms with E-state index < -0.39 is 0 Å². The van der Waals surface area contributed by atoms with Crippen molar-refractivity contribution >= 4 is 65.4 Å². The van der Waals surface area contributed by atoms with Crippen LogP contribution in [-0.2, 0) is 0 Å². The molecule has 13 aromatic rings. The molecule has 0 radical (unpaired) electrons. The summed E-state index contributed by atoms with van der Waals surface area (Å²) in [7, 11) is 0. The zero-order chi connectivity index (χ0) is 41.4. The first kappa shape index (κ1) is 35.2. The number of hydrogen-bond donors (Lipinski definition) is 0. The molecule has 13 rings (SSSR count). The van der Waals surface area contributed by atoms with E-state index in [0.29, 0.717) is 17.6 Å². The number of nitrogens with zero attached hydrogens (tertiary/aromatic N) is 6. The van der Waals surface area contributed by atoms with Crippen molar-refractivity contribution in [3.63, 3.8) is 0 Å². The molecule has 0 bridgehead atoms. The summed E-state index contributed by atoms with van der Waals surface area (Å²) in [5, 5.41) is 6.92. The molecule has 294 valence electrons. The van der Waals surface area contributed by atoms with Gasteiger partial charge in [-0.3, -0.25) is 4.57 Å². The first-order valence-corrected chi connectivity index (χ1v) is 21.3. The Morgan fingerprint density at radius 3 is 1.25 bits per heavy atom. The van der Waals surface area contributed by atoms with E-state index in [1.165, 1.54) is 10.8 Å². The molecule has 4 heterocycles. The Labute approximate surface area is 362 Å². The van der Waals surface area contributed by atoms with Gasteiger partial charge in [-0.05, 0) is 53.6 Å². The van der Waals surface area contributed by atoms with E-state index in [4.69, 9.17) is 15.0 Å². The molecule has 0 aliphatic rings. The normalized spacial score (nSPS) is 11.8. The molecule has 0 fully saturated rings. The highest BCUT2D eigenvalue weighted by atomic mass is 15.2. The summed E-state index contributed by atoms with van der Waals surface area (Å²) >= 11 is 0. The number of aromatic nitrogens is 6. The first-order valence-electron chi connectivity index (χ1n) is 21.3. The Morgan fingerprint density at radius 1 is 0.270 bits per heavy atom. The molecule has 0 saturated carbocycles. The van der Waals surface area contributed by atoms with E-state index in [1.54, 1.807) is 0 Å². The van der Waals surface area contributed by atoms with Crippen molar-refractivity contribution in [2.75, 3.05) is 0 Å². The number of hydrogen-bond acceptors (Lipinski definition) is 3. The van der Waals surface area contributed by atoms with Crippen LogP contribution < -0.4 is 0 Å². The zero-order valence-corrected chi connectivity index (χ0v) is 34.0. The molecule has 9 aromatic carbocycles. The van der Waals surface area contributed by atoms with Crippen molar-refractivity contribution in [3.05, 3.63) is 218 Å². The fraction of sp³-hybridized carbons (Fsp3) is 0. The van der Waals surface area contributed by atoms with E-state index >= 15 is 0 Å². The van der Waals surface area contributed by atoms with Gasteiger partial charge in [0.1, 0.15) is 0 Å². The smallest absolute Gasteiger partial charge is 0.238 e. The van der Waals surface area contributed by atoms with Gasteiger partial charge in [0.15, 0.2) is 11.6 Å². The van der Waals surface area contributed by atoms with Gasteiger partial charge in [-0.25, -0.2) is 4.98 Å². The van der Waals surface area contributed by atoms with Gasteiger partial charge in [-0.1, -0.05) is 176 Å². The van der Waals surface area contributed by atoms with Gasteiger partial charge in [0, 0.05) is 49.1 Å². The first-order chi connectivity index (χ1) is 31.3. The molecule has 0 N–H and O–H groups in total. The third-order valence-corrected chi connectivity index (χ3v) is 12.5. The van der Waals surface area contributed by atoms with Gasteiger partial charge >= 0.3 is 0 Å². The van der Waals surface area contributed by atoms with Crippen molar-refractivity contribution in [2.24, 2.45) is 0 Å². The van der Waals surface area contributed by atoms with Gasteiger partial charge < -0.3 is 9.13 Å². The molecular formula is C57H36N6. The number of fused-ring (bicyclic) bond motifs is 10. The third-order valence-electron chi connectivity index (χ3n) is 12.5. The van der Waals surface area contributed by atoms with Crippen LogP contribution >= 0.6 is 0 Å². The van der Waals surface area contributed by atoms with Crippen molar-refractivity contribution in [1.82, 2.24) is 28.7 Å². The second kappa shape index (κ2) is 14.0. The fourth-order valence-electron chi connectivity index (χ4n) is 9.75. The van der Waals surface area contributed by atoms with Crippen LogP contribution in [0.25, 0.3) is 117 Å². The maximum Gasteiger partial charge on any atom is 0.238 e. The SMILES string of the molecule is c1ccc(-c2cc(-n3c4ccccc4c4ccc5c6ccccc6n(-c6nc(-c7ccccc7)nc(-c7ccccc7)n6)c5c43)c3c(c2)c2ccccc2n3-c2ccccc2)cc1. The molecule has 0 saturated heterocycles. The van der Waals surface area contributed by atoms with Crippen LogP contribution in [-0.4, -0.2) is 28.7 Å². The molecule has 6 heteroatoms. The van der Waals surface area contributed by atoms with E-state index in [1.807, 2.05) is 36.4 Å². The Bertz CT molecular complexity index is 3830. The second-order valence-corrected chi connectivity index (χ2v) is 16.0. The quantitative estimate of drug-likeness (QED) is 0.168. The van der Waals surface area contributed by atoms with Gasteiger partial charge in [-0.15, -0.1) is 0 Å². The Kier molecular flexibility index (Phi) is 7.80. The Balaban J connectivity index is 1.24. The highest BCUT2D eigenvalue weighted by Crippen LogP contribution is 2.45. The molecule has 0 unspecified atom stereocenters. The van der Waals surface area contributed by atoms with Crippen LogP contribution in [0.5, 0.6) is 0 Å². The Hall–Kier alpha value is -8.61. The van der Waals surface area contributed by atoms with E-state index in [-0.39, 0.29) is 0 Å². The minimum atomic E-state index is 0.555. The van der Waals surface area contributed by atoms with E-state index in [9.17, 15) is 0 Å². The van der Waals surface area contributed by atoms with Crippen molar-refractivity contribution < 1.29 is 0 Å². The van der Waals surface area contributed by atoms with E-state index in [2.05, 4.69) is 196 Å². The lowest BCUT2D eigenvalue weighted by Gasteiger charge is -2.17. The van der Waals surface area contributed by atoms with Crippen LogP contribution in [0.1, 0.15) is 0 Å². The molecule has 0 amide bonds. The number of para-hydroxylation sites is 4. The molecule has 6 nitrogen and oxygen atoms in total. The molecule has 63 heavy (non-hydrogen) atoms. The molecule has 4 aromatic heterocycles. The lowest BCUT2D eigenvalue weighted by Crippen LogP contribution is -2.07. The standard InChI is InChI=1S/C57H36N6/c1-5-19-37(20-6-1)40-35-47-44-29-15-16-30-48(44)61(41-25-11-4-12-26-41)52(47)51(36-40)62-49-31-17-13-27-42(49)45-33-34-46-43-28-14-18-32-50(43)63(54(46)53(45)62)57-59-55(38-21-7-2-8-22-38)58-56(60-57)39-23-9-3-10-24-39/h1-36H. The second-order valence-electron chi connectivity index (χ2n) is 16.0. The van der Waals surface area contributed by atoms with Gasteiger partial charge in [0.2, 0.25) is 5.95 Å². The summed E-state index contributed by atoms with van der Waals surface area (Å²) in [6.07, 6.45) is 0. The maximum absolute atomic E-state index is 5.35. The van der Waals surface area contributed by atoms with Crippen molar-refractivity contribution in [2.45, 2.75) is 0 Å². The molecule has 0 aliphatic heterocycles. The van der Waals surface area contributed by atoms with Gasteiger partial charge in [-0.2, -0.15) is 9.97 Å². The monoisotopic (exact) mass is 804 g/mol. The summed E-state index contributed by atoms with van der Waals surface area (Å²) in [6.45, 7) is 0. The highest BCUT2D eigenvalue weighted by molar-refractivity contribution is 6.25. The van der Waals surface area contributed by atoms with Crippen molar-refractivity contribution in [3.8, 4) is 51.2 Å². The number of rotatable bonds is 6. The van der Waals surface area contributed by atoms with Crippen LogP contribution in [0, 0.1) is 0 Å². The molecular weight excluding hydrogens is 769 g/mol. The van der Waals surface area contributed by atoms with Gasteiger partial charge in [0.05, 0.1) is 38.8 Å². The lowest BCUT2D eigenvalue weighted by atomic mass is 10.0. The number of benzene rings is 9. The average molecular weight is 805 g/mol. The highest BCUT2D eigenvalue weighted by Gasteiger charge is 2.26. The van der Waals surface area contributed by atoms with Crippen molar-refractivity contribution in [1.29, 1.82) is 0 Å². The third kappa shape index (κ3) is 5.41. The largest absolute Gasteiger partial charge is 0.307 e. The minimum absolute atomic E-state index is 0.555. The molecule has 0 spiro atoms. The fourth-order valence-corrected chi connectivity index (χ4v) is 9.75. The maximum atomic E-state index is 5.35. The van der Waals surface area contributed by atoms with Gasteiger partial charge in [0.25, 0.3) is 0 Å². The Morgan fingerprint density at radius 2 is 0.698 bits per heavy atom. The summed E-state index contributed by atoms with van der Waals surface area (Å²) < 4.78 is 7.22. The lowest BCUT2D eigenvalue weighted by molar-refractivity contribution is 0.953. The predicted octanol–water partition coefficient (Wildman–Crippen LogP) is 14.2. The zero-order valence-electron chi connectivity index (χ0n) is 34.0. The summed E-state index contributed by atoms with van der Waals surface area (Å²) in [4.78, 5) is 15.8. The predicted molar refractivity (Wildman–Crippen MR) is 259 cm³/mol. The summed E-state index contributed by atoms with van der Waals surface area (Å²) in [6, 6.07) is 77.5. The minimum Gasteiger partial charge on any atom is -0.307 e. The summed E-state index contributed by atoms with van der Waals surface area (Å²) in [5.41, 5.74) is 12.8. The summed E-state index contributed by atoms with van der Waals surface area (Å²) in [5.74, 6) is 1.78. The molecule has 0 atom stereocenters. The van der Waals surface area contributed by atoms with E-state index in [0.717, 1.165) is 88.3 Å². The van der Waals surface area contributed by atoms with Crippen LogP contribution in [0.2, 0.25) is 0 Å². The average Bonchev–Trinajstić information content (AvgIpc) is 4.01. The van der Waals surface area contributed by atoms with Crippen LogP contribution in [0.4, 0.5) is 0 Å². The topological polar surface area (TPSA) is 53.5 Å². The van der Waals surface area contributed by atoms with Crippen LogP contribution in [0.3, 0.4) is 0 Å².